The maximum atomic E-state index is 5.14. The van der Waals surface area contributed by atoms with Crippen LogP contribution in [-0.2, 0) is 51.4 Å². The first-order chi connectivity index (χ1) is 69.5. The molecule has 0 N–H and O–H groups in total. The lowest BCUT2D eigenvalue weighted by atomic mass is 9.95. The summed E-state index contributed by atoms with van der Waals surface area (Å²) >= 11 is 0. The summed E-state index contributed by atoms with van der Waals surface area (Å²) in [5.74, 6) is 0. The van der Waals surface area contributed by atoms with Crippen molar-refractivity contribution in [1.29, 1.82) is 0 Å². The van der Waals surface area contributed by atoms with E-state index in [1.165, 1.54) is 195 Å². The molecule has 8 aliphatic rings. The van der Waals surface area contributed by atoms with Crippen molar-refractivity contribution in [3.05, 3.63) is 430 Å². The van der Waals surface area contributed by atoms with Crippen molar-refractivity contribution in [3.63, 3.8) is 0 Å². The largest absolute Gasteiger partial charge is 0.275 e. The molecule has 0 radical (unpaired) electrons. The third-order valence-electron chi connectivity index (χ3n) is 31.8. The zero-order chi connectivity index (χ0) is 90.7. The van der Waals surface area contributed by atoms with Crippen LogP contribution in [0.4, 0.5) is 0 Å². The van der Waals surface area contributed by atoms with Gasteiger partial charge in [0.15, 0.2) is 5.65 Å². The second-order valence-corrected chi connectivity index (χ2v) is 38.6. The van der Waals surface area contributed by atoms with Crippen molar-refractivity contribution >= 4 is 154 Å². The van der Waals surface area contributed by atoms with Crippen LogP contribution in [0.2, 0.25) is 0 Å². The Bertz CT molecular complexity index is 9460. The Labute approximate surface area is 796 Å². The number of benzene rings is 12. The minimum absolute atomic E-state index is 0.877. The smallest absolute Gasteiger partial charge is 0.166 e. The Morgan fingerprint density at radius 2 is 0.443 bits per heavy atom. The first-order valence-corrected chi connectivity index (χ1v) is 48.2. The minimum atomic E-state index is 0.877. The van der Waals surface area contributed by atoms with Gasteiger partial charge >= 0.3 is 0 Å². The normalized spacial score (nSPS) is 13.5. The van der Waals surface area contributed by atoms with Gasteiger partial charge in [0.1, 0.15) is 45.0 Å². The van der Waals surface area contributed by atoms with Gasteiger partial charge in [-0.25, -0.2) is 39.9 Å². The molecule has 140 heavy (non-hydrogen) atoms. The highest BCUT2D eigenvalue weighted by molar-refractivity contribution is 6.18. The van der Waals surface area contributed by atoms with E-state index in [-0.39, 0.29) is 0 Å². The quantitative estimate of drug-likeness (QED) is 0.132. The van der Waals surface area contributed by atoms with E-state index >= 15 is 0 Å². The Morgan fingerprint density at radius 3 is 0.850 bits per heavy atom. The molecule has 0 aliphatic heterocycles. The summed E-state index contributed by atoms with van der Waals surface area (Å²) in [6.07, 6.45) is 26.5. The fourth-order valence-corrected chi connectivity index (χ4v) is 26.2. The lowest BCUT2D eigenvalue weighted by molar-refractivity contribution is 1.19. The number of pyridine rings is 12. The molecule has 36 rings (SSSR count). The van der Waals surface area contributed by atoms with Crippen LogP contribution in [0, 0.1) is 0 Å². The van der Waals surface area contributed by atoms with Crippen molar-refractivity contribution in [3.8, 4) is 89.0 Å². The third kappa shape index (κ3) is 10.1. The van der Waals surface area contributed by atoms with E-state index in [4.69, 9.17) is 49.8 Å². The van der Waals surface area contributed by atoms with Crippen LogP contribution < -0.4 is 0 Å². The SMILES string of the molecule is c1ccc2c(c1)Cc1ccc3c(c1-2)Cc1c-3ccc2nc3c4cccnc4c4cccnc4n3c12.c1ccc2c(c1)Cc1ccc3c(c1-2)Cc1c-3ccc2nc3c4ccncc4c4cccnc4n3c12.c1ccc2c(c1)Cc1ccc3c(c1-2)Cc1c-3ccc2nc3c4cnccc4c4cccnc4n3c12.c1ccc2c(c1)Cc1ccc3c(c1-2)Cc1c-3ccc2nc3c4ncccc4c4cccnc4n3c12. The number of imidazole rings is 4. The molecular formula is C124H72N16. The summed E-state index contributed by atoms with van der Waals surface area (Å²) in [5, 5.41) is 10.9. The second-order valence-electron chi connectivity index (χ2n) is 38.6. The van der Waals surface area contributed by atoms with Crippen molar-refractivity contribution in [1.82, 2.24) is 77.4 Å². The maximum Gasteiger partial charge on any atom is 0.166 e. The molecule has 8 aliphatic carbocycles. The first kappa shape index (κ1) is 75.1. The van der Waals surface area contributed by atoms with E-state index in [9.17, 15) is 0 Å². The number of nitrogens with zero attached hydrogens (tertiary/aromatic N) is 16. The Kier molecular flexibility index (Phi) is 14.9. The molecule has 16 heterocycles. The Hall–Kier alpha value is -18.3. The number of hydrogen-bond donors (Lipinski definition) is 0. The van der Waals surface area contributed by atoms with Crippen molar-refractivity contribution in [2.45, 2.75) is 51.4 Å². The number of hydrogen-bond acceptors (Lipinski definition) is 12. The molecular weight excluding hydrogens is 1710 g/mol. The second kappa shape index (κ2) is 27.7. The molecule has 0 spiro atoms. The van der Waals surface area contributed by atoms with Gasteiger partial charge in [-0.15, -0.1) is 0 Å². The van der Waals surface area contributed by atoms with E-state index in [0.29, 0.717) is 0 Å². The molecule has 0 saturated carbocycles. The molecule has 16 heteroatoms. The van der Waals surface area contributed by atoms with Gasteiger partial charge in [-0.1, -0.05) is 176 Å². The molecule has 0 fully saturated rings. The van der Waals surface area contributed by atoms with E-state index in [0.717, 1.165) is 189 Å². The van der Waals surface area contributed by atoms with Gasteiger partial charge in [0.25, 0.3) is 0 Å². The molecule has 0 atom stereocenters. The van der Waals surface area contributed by atoms with Crippen LogP contribution >= 0.6 is 0 Å². The van der Waals surface area contributed by atoms with Crippen molar-refractivity contribution in [2.24, 2.45) is 0 Å². The fourth-order valence-electron chi connectivity index (χ4n) is 26.2. The number of aromatic nitrogens is 16. The Balaban J connectivity index is 0.0000000829. The van der Waals surface area contributed by atoms with Gasteiger partial charge in [-0.2, -0.15) is 0 Å². The number of rotatable bonds is 0. The third-order valence-corrected chi connectivity index (χ3v) is 31.8. The lowest BCUT2D eigenvalue weighted by Crippen LogP contribution is -1.97. The number of fused-ring (bicyclic) bond motifs is 64. The molecule has 0 amide bonds. The highest BCUT2D eigenvalue weighted by Crippen LogP contribution is 2.56. The van der Waals surface area contributed by atoms with Gasteiger partial charge in [-0.05, 0) is 312 Å². The predicted octanol–water partition coefficient (Wildman–Crippen LogP) is 26.9. The summed E-state index contributed by atoms with van der Waals surface area (Å²) in [6, 6.07) is 101. The van der Waals surface area contributed by atoms with Gasteiger partial charge in [-0.3, -0.25) is 37.5 Å². The summed E-state index contributed by atoms with van der Waals surface area (Å²) < 4.78 is 9.08. The van der Waals surface area contributed by atoms with Crippen LogP contribution in [0.1, 0.15) is 89.0 Å². The minimum Gasteiger partial charge on any atom is -0.275 e. The van der Waals surface area contributed by atoms with Gasteiger partial charge < -0.3 is 0 Å². The zero-order valence-corrected chi connectivity index (χ0v) is 75.1. The average Bonchev–Trinajstić information content (AvgIpc) is 1.55. The van der Waals surface area contributed by atoms with Crippen LogP contribution in [-0.4, -0.2) is 77.4 Å². The molecule has 0 unspecified atom stereocenters. The van der Waals surface area contributed by atoms with Crippen LogP contribution in [0.3, 0.4) is 0 Å². The summed E-state index contributed by atoms with van der Waals surface area (Å²) in [6.45, 7) is 0. The molecule has 0 saturated heterocycles. The molecule has 648 valence electrons. The summed E-state index contributed by atoms with van der Waals surface area (Å²) in [4.78, 5) is 58.1. The average molecular weight is 1790 g/mol. The van der Waals surface area contributed by atoms with E-state index in [1.54, 1.807) is 0 Å². The summed E-state index contributed by atoms with van der Waals surface area (Å²) in [5.41, 5.74) is 62.7. The maximum absolute atomic E-state index is 5.14. The van der Waals surface area contributed by atoms with Gasteiger partial charge in [0.2, 0.25) is 0 Å². The highest BCUT2D eigenvalue weighted by atomic mass is 15.1. The fraction of sp³-hybridized carbons (Fsp3) is 0.0645. The van der Waals surface area contributed by atoms with Crippen LogP contribution in [0.5, 0.6) is 0 Å². The zero-order valence-electron chi connectivity index (χ0n) is 75.1. The highest BCUT2D eigenvalue weighted by Gasteiger charge is 2.38. The Morgan fingerprint density at radius 1 is 0.164 bits per heavy atom. The van der Waals surface area contributed by atoms with Gasteiger partial charge in [0, 0.05) is 136 Å². The van der Waals surface area contributed by atoms with Crippen molar-refractivity contribution in [2.75, 3.05) is 0 Å². The lowest BCUT2D eigenvalue weighted by Gasteiger charge is -2.09. The predicted molar refractivity (Wildman–Crippen MR) is 559 cm³/mol. The molecule has 0 bridgehead atoms. The van der Waals surface area contributed by atoms with Crippen LogP contribution in [0.15, 0.2) is 341 Å². The summed E-state index contributed by atoms with van der Waals surface area (Å²) in [7, 11) is 0. The molecule has 16 aromatic heterocycles. The standard InChI is InChI=1S/4C31H18N4/c1-2-6-19-17(5-1)15-18-9-10-20-21-11-12-26-29(25(21)16-24(20)27(18)19)35-30-22(7-4-14-33-30)28-23(31(35)34-26)8-3-13-32-28;1-2-6-19-17(5-1)15-18-9-10-20-21-11-12-26-29(25(21)16-24(20)27(18)19)35-30-23(8-4-14-33-30)22-7-3-13-32-28(22)31(35)34-26;1-2-5-19-17(4-1)14-18-7-8-20-21-9-10-27-29(25(21)15-24(20)28(18)19)35-30-23(6-3-12-33-30)22-11-13-32-16-26(22)31(35)34-27;1-2-5-19-17(4-1)14-18-7-8-20-21-9-10-27-29(25(21)15-24(20)28(18)19)35-30-22(6-3-12-33-30)26-16-32-13-11-23(26)31(35)34-27/h2*1-14H,15-16H2;2*1-13,16H,14-15H2. The van der Waals surface area contributed by atoms with E-state index in [2.05, 4.69) is 270 Å². The van der Waals surface area contributed by atoms with Crippen LogP contribution in [0.25, 0.3) is 243 Å². The molecule has 28 aromatic rings. The van der Waals surface area contributed by atoms with Gasteiger partial charge in [0.05, 0.1) is 49.7 Å². The molecule has 16 nitrogen and oxygen atoms in total. The first-order valence-electron chi connectivity index (χ1n) is 48.2. The van der Waals surface area contributed by atoms with Crippen molar-refractivity contribution < 1.29 is 0 Å². The monoisotopic (exact) mass is 1780 g/mol. The topological polar surface area (TPSA) is 172 Å². The van der Waals surface area contributed by atoms with E-state index in [1.807, 2.05) is 98.4 Å². The van der Waals surface area contributed by atoms with E-state index < -0.39 is 0 Å². The molecule has 12 aromatic carbocycles.